The molecule has 19 heavy (non-hydrogen) atoms. The number of nitrogens with one attached hydrogen (secondary N) is 1. The fourth-order valence-corrected chi connectivity index (χ4v) is 3.03. The molecule has 2 rings (SSSR count). The highest BCUT2D eigenvalue weighted by atomic mass is 16.1. The second-order valence-corrected chi connectivity index (χ2v) is 5.47. The van der Waals surface area contributed by atoms with Crippen molar-refractivity contribution in [2.24, 2.45) is 5.92 Å². The lowest BCUT2D eigenvalue weighted by Gasteiger charge is -2.33. The van der Waals surface area contributed by atoms with Crippen molar-refractivity contribution < 1.29 is 4.79 Å². The SMILES string of the molecule is CCC(CC)C(=O)N[C@H]1CCCC[C@H]1n1cccn1. The van der Waals surface area contributed by atoms with Gasteiger partial charge < -0.3 is 5.32 Å². The molecule has 1 aliphatic rings. The van der Waals surface area contributed by atoms with Crippen molar-refractivity contribution in [2.45, 2.75) is 64.5 Å². The summed E-state index contributed by atoms with van der Waals surface area (Å²) in [6, 6.07) is 2.51. The molecule has 1 aromatic heterocycles. The van der Waals surface area contributed by atoms with E-state index in [0.29, 0.717) is 6.04 Å². The Morgan fingerprint density at radius 3 is 2.74 bits per heavy atom. The molecule has 106 valence electrons. The quantitative estimate of drug-likeness (QED) is 0.888. The van der Waals surface area contributed by atoms with Crippen molar-refractivity contribution in [1.82, 2.24) is 15.1 Å². The standard InChI is InChI=1S/C15H25N3O/c1-3-12(4-2)15(19)17-13-8-5-6-9-14(13)18-11-7-10-16-18/h7,10-14H,3-6,8-9H2,1-2H3,(H,17,19)/t13-,14+/m0/s1. The maximum absolute atomic E-state index is 12.2. The first-order valence-electron chi connectivity index (χ1n) is 7.55. The van der Waals surface area contributed by atoms with Gasteiger partial charge in [0.15, 0.2) is 0 Å². The zero-order valence-corrected chi connectivity index (χ0v) is 12.0. The van der Waals surface area contributed by atoms with Gasteiger partial charge in [0, 0.05) is 18.3 Å². The number of hydrogen-bond donors (Lipinski definition) is 1. The van der Waals surface area contributed by atoms with Gasteiger partial charge in [0.2, 0.25) is 5.91 Å². The van der Waals surface area contributed by atoms with E-state index < -0.39 is 0 Å². The highest BCUT2D eigenvalue weighted by Crippen LogP contribution is 2.28. The van der Waals surface area contributed by atoms with Crippen LogP contribution in [0.5, 0.6) is 0 Å². The van der Waals surface area contributed by atoms with E-state index in [1.165, 1.54) is 12.8 Å². The third-order valence-electron chi connectivity index (χ3n) is 4.28. The maximum Gasteiger partial charge on any atom is 0.223 e. The second-order valence-electron chi connectivity index (χ2n) is 5.47. The van der Waals surface area contributed by atoms with Crippen molar-refractivity contribution in [2.75, 3.05) is 0 Å². The van der Waals surface area contributed by atoms with Gasteiger partial charge in [-0.2, -0.15) is 5.10 Å². The summed E-state index contributed by atoms with van der Waals surface area (Å²) in [5, 5.41) is 7.61. The molecule has 0 spiro atoms. The highest BCUT2D eigenvalue weighted by molar-refractivity contribution is 5.78. The summed E-state index contributed by atoms with van der Waals surface area (Å²) in [6.45, 7) is 4.17. The average Bonchev–Trinajstić information content (AvgIpc) is 2.94. The van der Waals surface area contributed by atoms with Gasteiger partial charge in [0.05, 0.1) is 12.1 Å². The van der Waals surface area contributed by atoms with E-state index >= 15 is 0 Å². The average molecular weight is 263 g/mol. The molecular weight excluding hydrogens is 238 g/mol. The molecule has 1 saturated carbocycles. The zero-order valence-electron chi connectivity index (χ0n) is 12.0. The summed E-state index contributed by atoms with van der Waals surface area (Å²) in [4.78, 5) is 12.2. The molecule has 0 saturated heterocycles. The lowest BCUT2D eigenvalue weighted by atomic mass is 9.89. The molecular formula is C15H25N3O. The van der Waals surface area contributed by atoms with Crippen LogP contribution in [-0.4, -0.2) is 21.7 Å². The van der Waals surface area contributed by atoms with E-state index in [1.807, 2.05) is 23.1 Å². The van der Waals surface area contributed by atoms with Crippen molar-refractivity contribution in [3.63, 3.8) is 0 Å². The number of carbonyl (C=O) groups excluding carboxylic acids is 1. The molecule has 0 unspecified atom stereocenters. The van der Waals surface area contributed by atoms with Crippen LogP contribution >= 0.6 is 0 Å². The smallest absolute Gasteiger partial charge is 0.223 e. The Bertz CT molecular complexity index is 384. The number of hydrogen-bond acceptors (Lipinski definition) is 2. The van der Waals surface area contributed by atoms with Crippen molar-refractivity contribution in [3.8, 4) is 0 Å². The van der Waals surface area contributed by atoms with Crippen molar-refractivity contribution in [1.29, 1.82) is 0 Å². The lowest BCUT2D eigenvalue weighted by Crippen LogP contribution is -2.45. The Kier molecular flexibility index (Phi) is 5.00. The number of carbonyl (C=O) groups is 1. The van der Waals surface area contributed by atoms with E-state index in [2.05, 4.69) is 24.3 Å². The molecule has 4 nitrogen and oxygen atoms in total. The summed E-state index contributed by atoms with van der Waals surface area (Å²) < 4.78 is 2.01. The van der Waals surface area contributed by atoms with E-state index in [0.717, 1.165) is 25.7 Å². The fourth-order valence-electron chi connectivity index (χ4n) is 3.03. The van der Waals surface area contributed by atoms with Gasteiger partial charge in [-0.05, 0) is 31.7 Å². The molecule has 1 aromatic rings. The summed E-state index contributed by atoms with van der Waals surface area (Å²) in [7, 11) is 0. The Morgan fingerprint density at radius 1 is 1.37 bits per heavy atom. The van der Waals surface area contributed by atoms with Crippen LogP contribution in [0, 0.1) is 5.92 Å². The van der Waals surface area contributed by atoms with Crippen LogP contribution in [0.1, 0.15) is 58.4 Å². The van der Waals surface area contributed by atoms with E-state index in [-0.39, 0.29) is 17.9 Å². The zero-order chi connectivity index (χ0) is 13.7. The highest BCUT2D eigenvalue weighted by Gasteiger charge is 2.29. The van der Waals surface area contributed by atoms with Gasteiger partial charge >= 0.3 is 0 Å². The normalized spacial score (nSPS) is 23.5. The van der Waals surface area contributed by atoms with Gasteiger partial charge in [-0.15, -0.1) is 0 Å². The molecule has 1 amide bonds. The Hall–Kier alpha value is -1.32. The first-order chi connectivity index (χ1) is 9.26. The Labute approximate surface area is 115 Å². The molecule has 1 N–H and O–H groups in total. The molecule has 0 bridgehead atoms. The minimum atomic E-state index is 0.153. The van der Waals surface area contributed by atoms with E-state index in [1.54, 1.807) is 0 Å². The molecule has 1 aliphatic carbocycles. The van der Waals surface area contributed by atoms with Gasteiger partial charge in [0.1, 0.15) is 0 Å². The minimum absolute atomic E-state index is 0.153. The monoisotopic (exact) mass is 263 g/mol. The third-order valence-corrected chi connectivity index (χ3v) is 4.28. The topological polar surface area (TPSA) is 46.9 Å². The van der Waals surface area contributed by atoms with Gasteiger partial charge in [-0.25, -0.2) is 0 Å². The predicted molar refractivity (Wildman–Crippen MR) is 75.7 cm³/mol. The first-order valence-corrected chi connectivity index (χ1v) is 7.55. The number of nitrogens with zero attached hydrogens (tertiary/aromatic N) is 2. The van der Waals surface area contributed by atoms with Crippen LogP contribution in [0.2, 0.25) is 0 Å². The molecule has 2 atom stereocenters. The molecule has 4 heteroatoms. The van der Waals surface area contributed by atoms with Crippen LogP contribution in [-0.2, 0) is 4.79 Å². The summed E-state index contributed by atoms with van der Waals surface area (Å²) in [6.07, 6.45) is 10.3. The number of amides is 1. The lowest BCUT2D eigenvalue weighted by molar-refractivity contribution is -0.126. The van der Waals surface area contributed by atoms with Crippen LogP contribution in [0.15, 0.2) is 18.5 Å². The Balaban J connectivity index is 2.02. The van der Waals surface area contributed by atoms with Crippen LogP contribution in [0.4, 0.5) is 0 Å². The summed E-state index contributed by atoms with van der Waals surface area (Å²) >= 11 is 0. The fraction of sp³-hybridized carbons (Fsp3) is 0.733. The van der Waals surface area contributed by atoms with Gasteiger partial charge in [0.25, 0.3) is 0 Å². The van der Waals surface area contributed by atoms with E-state index in [9.17, 15) is 4.79 Å². The second kappa shape index (κ2) is 6.73. The van der Waals surface area contributed by atoms with E-state index in [4.69, 9.17) is 0 Å². The Morgan fingerprint density at radius 2 is 2.11 bits per heavy atom. The largest absolute Gasteiger partial charge is 0.351 e. The first kappa shape index (κ1) is 14.1. The van der Waals surface area contributed by atoms with Gasteiger partial charge in [-0.3, -0.25) is 9.48 Å². The molecule has 0 radical (unpaired) electrons. The summed E-state index contributed by atoms with van der Waals surface area (Å²) in [5.41, 5.74) is 0. The van der Waals surface area contributed by atoms with Crippen molar-refractivity contribution >= 4 is 5.91 Å². The van der Waals surface area contributed by atoms with Crippen LogP contribution in [0.3, 0.4) is 0 Å². The molecule has 0 aliphatic heterocycles. The van der Waals surface area contributed by atoms with Crippen LogP contribution in [0.25, 0.3) is 0 Å². The number of aromatic nitrogens is 2. The predicted octanol–water partition coefficient (Wildman–Crippen LogP) is 2.92. The third kappa shape index (κ3) is 3.37. The van der Waals surface area contributed by atoms with Gasteiger partial charge in [-0.1, -0.05) is 26.7 Å². The maximum atomic E-state index is 12.2. The van der Waals surface area contributed by atoms with Crippen molar-refractivity contribution in [3.05, 3.63) is 18.5 Å². The minimum Gasteiger partial charge on any atom is -0.351 e. The molecule has 1 fully saturated rings. The number of rotatable bonds is 5. The molecule has 0 aromatic carbocycles. The summed E-state index contributed by atoms with van der Waals surface area (Å²) in [5.74, 6) is 0.370. The molecule has 1 heterocycles. The van der Waals surface area contributed by atoms with Crippen LogP contribution < -0.4 is 5.32 Å².